The summed E-state index contributed by atoms with van der Waals surface area (Å²) in [7, 11) is -4.55. The molecule has 0 saturated carbocycles. The van der Waals surface area contributed by atoms with Crippen LogP contribution in [0.3, 0.4) is 0 Å². The van der Waals surface area contributed by atoms with Crippen molar-refractivity contribution in [1.82, 2.24) is 4.90 Å². The number of rotatable bonds is 8. The first-order chi connectivity index (χ1) is 16.3. The van der Waals surface area contributed by atoms with Gasteiger partial charge in [-0.05, 0) is 60.0 Å². The molecule has 0 N–H and O–H groups in total. The number of nitrogens with zero attached hydrogens (tertiary/aromatic N) is 1. The van der Waals surface area contributed by atoms with E-state index in [9.17, 15) is 30.8 Å². The molecule has 0 spiro atoms. The second-order valence-electron chi connectivity index (χ2n) is 8.30. The van der Waals surface area contributed by atoms with E-state index in [1.165, 1.54) is 41.3 Å². The molecule has 0 saturated heterocycles. The number of carbonyl (C=O) groups excluding carboxylic acids is 1. The molecule has 5 nitrogen and oxygen atoms in total. The van der Waals surface area contributed by atoms with Crippen LogP contribution in [0.5, 0.6) is 5.75 Å². The first-order valence-corrected chi connectivity index (χ1v) is 12.0. The Hall–Kier alpha value is -3.40. The Bertz CT molecular complexity index is 1310. The van der Waals surface area contributed by atoms with Gasteiger partial charge in [0.05, 0.1) is 5.56 Å². The molecule has 0 aromatic heterocycles. The number of benzene rings is 3. The van der Waals surface area contributed by atoms with E-state index in [1.54, 1.807) is 6.07 Å². The summed E-state index contributed by atoms with van der Waals surface area (Å²) in [5.41, 5.74) is -0.423. The Balaban J connectivity index is 1.84. The van der Waals surface area contributed by atoms with Crippen LogP contribution in [0.1, 0.15) is 35.3 Å². The zero-order chi connectivity index (χ0) is 25.8. The molecule has 0 fully saturated rings. The van der Waals surface area contributed by atoms with Crippen molar-refractivity contribution in [1.29, 1.82) is 0 Å². The smallest absolute Gasteiger partial charge is 0.379 e. The Kier molecular flexibility index (Phi) is 7.84. The van der Waals surface area contributed by atoms with Crippen LogP contribution in [-0.2, 0) is 22.8 Å². The van der Waals surface area contributed by atoms with Crippen LogP contribution in [0, 0.1) is 11.7 Å². The summed E-state index contributed by atoms with van der Waals surface area (Å²) in [6.07, 6.45) is -4.71. The number of carbonyl (C=O) groups is 1. The molecular formula is C25H23F4NO4S. The fraction of sp³-hybridized carbons (Fsp3) is 0.240. The first kappa shape index (κ1) is 26.2. The molecule has 10 heteroatoms. The average molecular weight is 510 g/mol. The number of hydrogen-bond donors (Lipinski definition) is 0. The van der Waals surface area contributed by atoms with Gasteiger partial charge >= 0.3 is 16.3 Å². The van der Waals surface area contributed by atoms with Crippen molar-refractivity contribution in [3.05, 3.63) is 95.3 Å². The van der Waals surface area contributed by atoms with Gasteiger partial charge in [-0.3, -0.25) is 4.79 Å². The van der Waals surface area contributed by atoms with E-state index in [-0.39, 0.29) is 23.8 Å². The molecule has 3 aromatic carbocycles. The lowest BCUT2D eigenvalue weighted by Gasteiger charge is -2.25. The molecule has 186 valence electrons. The van der Waals surface area contributed by atoms with Gasteiger partial charge in [0.2, 0.25) is 0 Å². The Morgan fingerprint density at radius 1 is 0.971 bits per heavy atom. The third-order valence-corrected chi connectivity index (χ3v) is 6.12. The summed E-state index contributed by atoms with van der Waals surface area (Å²) in [6.45, 7) is 4.25. The van der Waals surface area contributed by atoms with Crippen LogP contribution in [0.4, 0.5) is 17.6 Å². The molecule has 0 bridgehead atoms. The maximum Gasteiger partial charge on any atom is 0.416 e. The highest BCUT2D eigenvalue weighted by molar-refractivity contribution is 7.87. The molecular weight excluding hydrogens is 486 g/mol. The van der Waals surface area contributed by atoms with Crippen molar-refractivity contribution in [3.63, 3.8) is 0 Å². The number of halogens is 4. The van der Waals surface area contributed by atoms with Gasteiger partial charge in [-0.15, -0.1) is 0 Å². The Morgan fingerprint density at radius 2 is 1.66 bits per heavy atom. The molecule has 35 heavy (non-hydrogen) atoms. The lowest BCUT2D eigenvalue weighted by atomic mass is 10.1. The Labute approximate surface area is 201 Å². The monoisotopic (exact) mass is 509 g/mol. The van der Waals surface area contributed by atoms with E-state index in [1.807, 2.05) is 13.8 Å². The maximum atomic E-state index is 13.6. The van der Waals surface area contributed by atoms with Crippen molar-refractivity contribution >= 4 is 16.0 Å². The van der Waals surface area contributed by atoms with Crippen LogP contribution < -0.4 is 4.18 Å². The van der Waals surface area contributed by atoms with Gasteiger partial charge < -0.3 is 9.08 Å². The molecule has 3 rings (SSSR count). The summed E-state index contributed by atoms with van der Waals surface area (Å²) in [5.74, 6) is -0.979. The molecule has 0 aliphatic heterocycles. The SMILES string of the molecule is CC(C)CN(Cc1cccc(OS(=O)(=O)c2cccc(C(F)(F)F)c2)c1)C(=O)c1cccc(F)c1. The molecule has 1 amide bonds. The van der Waals surface area contributed by atoms with Gasteiger partial charge in [0.1, 0.15) is 16.5 Å². The highest BCUT2D eigenvalue weighted by Gasteiger charge is 2.32. The molecule has 3 aromatic rings. The number of alkyl halides is 3. The number of amides is 1. The summed E-state index contributed by atoms with van der Waals surface area (Å²) >= 11 is 0. The molecule has 0 heterocycles. The van der Waals surface area contributed by atoms with E-state index >= 15 is 0 Å². The topological polar surface area (TPSA) is 63.7 Å². The van der Waals surface area contributed by atoms with Gasteiger partial charge in [-0.2, -0.15) is 21.6 Å². The van der Waals surface area contributed by atoms with Crippen LogP contribution >= 0.6 is 0 Å². The zero-order valence-corrected chi connectivity index (χ0v) is 19.7. The summed E-state index contributed by atoms with van der Waals surface area (Å²) in [5, 5.41) is 0. The third kappa shape index (κ3) is 7.05. The number of hydrogen-bond acceptors (Lipinski definition) is 4. The van der Waals surface area contributed by atoms with Gasteiger partial charge in [0.15, 0.2) is 0 Å². The second kappa shape index (κ2) is 10.5. The van der Waals surface area contributed by atoms with Crippen molar-refractivity contribution in [2.45, 2.75) is 31.5 Å². The van der Waals surface area contributed by atoms with Crippen LogP contribution in [-0.4, -0.2) is 25.8 Å². The molecule has 0 aliphatic rings. The lowest BCUT2D eigenvalue weighted by Crippen LogP contribution is -2.33. The first-order valence-electron chi connectivity index (χ1n) is 10.6. The van der Waals surface area contributed by atoms with E-state index < -0.39 is 38.5 Å². The standard InChI is InChI=1S/C25H23F4NO4S/c1-17(2)15-30(24(31)19-7-4-9-21(26)13-19)16-18-6-3-10-22(12-18)34-35(32,33)23-11-5-8-20(14-23)25(27,28)29/h3-14,17H,15-16H2,1-2H3. The van der Waals surface area contributed by atoms with Crippen molar-refractivity contribution in [2.24, 2.45) is 5.92 Å². The largest absolute Gasteiger partial charge is 0.416 e. The van der Waals surface area contributed by atoms with Crippen LogP contribution in [0.15, 0.2) is 77.7 Å². The minimum absolute atomic E-state index is 0.0777. The van der Waals surface area contributed by atoms with E-state index in [4.69, 9.17) is 4.18 Å². The van der Waals surface area contributed by atoms with Crippen molar-refractivity contribution in [3.8, 4) is 5.75 Å². The summed E-state index contributed by atoms with van der Waals surface area (Å²) in [6, 6.07) is 14.4. The molecule has 0 radical (unpaired) electrons. The molecule has 0 unspecified atom stereocenters. The van der Waals surface area contributed by atoms with E-state index in [0.717, 1.165) is 24.3 Å². The normalized spacial score (nSPS) is 12.0. The minimum atomic E-state index is -4.71. The quantitative estimate of drug-likeness (QED) is 0.280. The fourth-order valence-electron chi connectivity index (χ4n) is 3.38. The highest BCUT2D eigenvalue weighted by Crippen LogP contribution is 2.31. The summed E-state index contributed by atoms with van der Waals surface area (Å²) < 4.78 is 82.8. The van der Waals surface area contributed by atoms with Crippen LogP contribution in [0.25, 0.3) is 0 Å². The highest BCUT2D eigenvalue weighted by atomic mass is 32.2. The fourth-order valence-corrected chi connectivity index (χ4v) is 4.35. The van der Waals surface area contributed by atoms with Crippen LogP contribution in [0.2, 0.25) is 0 Å². The second-order valence-corrected chi connectivity index (χ2v) is 9.85. The maximum absolute atomic E-state index is 13.6. The van der Waals surface area contributed by atoms with Gasteiger partial charge in [0.25, 0.3) is 5.91 Å². The van der Waals surface area contributed by atoms with Crippen molar-refractivity contribution < 1.29 is 35.0 Å². The van der Waals surface area contributed by atoms with Gasteiger partial charge in [-0.25, -0.2) is 4.39 Å². The third-order valence-electron chi connectivity index (χ3n) is 4.87. The van der Waals surface area contributed by atoms with E-state index in [0.29, 0.717) is 18.2 Å². The van der Waals surface area contributed by atoms with Crippen molar-refractivity contribution in [2.75, 3.05) is 6.54 Å². The lowest BCUT2D eigenvalue weighted by molar-refractivity contribution is -0.137. The summed E-state index contributed by atoms with van der Waals surface area (Å²) in [4.78, 5) is 13.9. The van der Waals surface area contributed by atoms with Gasteiger partial charge in [-0.1, -0.05) is 38.1 Å². The van der Waals surface area contributed by atoms with E-state index in [2.05, 4.69) is 0 Å². The molecule has 0 atom stereocenters. The predicted octanol–water partition coefficient (Wildman–Crippen LogP) is 5.91. The Morgan fingerprint density at radius 3 is 2.31 bits per heavy atom. The predicted molar refractivity (Wildman–Crippen MR) is 122 cm³/mol. The zero-order valence-electron chi connectivity index (χ0n) is 18.9. The van der Waals surface area contributed by atoms with Gasteiger partial charge in [0, 0.05) is 18.7 Å². The minimum Gasteiger partial charge on any atom is -0.379 e. The molecule has 0 aliphatic carbocycles. The average Bonchev–Trinajstić information content (AvgIpc) is 2.77.